The molecule has 0 unspecified atom stereocenters. The lowest BCUT2D eigenvalue weighted by Crippen LogP contribution is -2.24. The van der Waals surface area contributed by atoms with Crippen LogP contribution in [0.25, 0.3) is 0 Å². The van der Waals surface area contributed by atoms with Gasteiger partial charge in [-0.05, 0) is 36.2 Å². The third-order valence-electron chi connectivity index (χ3n) is 3.91. The quantitative estimate of drug-likeness (QED) is 0.591. The van der Waals surface area contributed by atoms with Crippen LogP contribution in [-0.2, 0) is 17.9 Å². The molecule has 0 aliphatic rings. The van der Waals surface area contributed by atoms with Crippen LogP contribution in [0.3, 0.4) is 0 Å². The molecule has 3 aromatic rings. The van der Waals surface area contributed by atoms with Crippen LogP contribution in [0.5, 0.6) is 5.88 Å². The van der Waals surface area contributed by atoms with Crippen molar-refractivity contribution in [2.24, 2.45) is 0 Å². The molecule has 138 valence electrons. The van der Waals surface area contributed by atoms with Gasteiger partial charge in [-0.2, -0.15) is 0 Å². The number of hydrogen-bond acceptors (Lipinski definition) is 4. The summed E-state index contributed by atoms with van der Waals surface area (Å²) in [5.74, 6) is 0.953. The molecule has 0 radical (unpaired) electrons. The Kier molecular flexibility index (Phi) is 6.88. The van der Waals surface area contributed by atoms with Gasteiger partial charge in [-0.15, -0.1) is 11.8 Å². The minimum atomic E-state index is 0.00383. The molecule has 0 saturated carbocycles. The predicted octanol–water partition coefficient (Wildman–Crippen LogP) is 4.38. The Hall–Kier alpha value is -2.79. The topological polar surface area (TPSA) is 51.2 Å². The lowest BCUT2D eigenvalue weighted by Gasteiger charge is -2.08. The number of nitrogens with zero attached hydrogens (tertiary/aromatic N) is 1. The fourth-order valence-electron chi connectivity index (χ4n) is 2.41. The van der Waals surface area contributed by atoms with E-state index < -0.39 is 0 Å². The van der Waals surface area contributed by atoms with E-state index in [1.165, 1.54) is 17.3 Å². The second-order valence-corrected chi connectivity index (χ2v) is 7.20. The summed E-state index contributed by atoms with van der Waals surface area (Å²) in [6, 6.07) is 21.9. The van der Waals surface area contributed by atoms with Gasteiger partial charge >= 0.3 is 0 Å². The maximum absolute atomic E-state index is 12.1. The molecular weight excluding hydrogens is 356 g/mol. The molecule has 0 saturated heterocycles. The van der Waals surface area contributed by atoms with Crippen molar-refractivity contribution < 1.29 is 9.53 Å². The molecule has 0 aliphatic carbocycles. The van der Waals surface area contributed by atoms with Crippen LogP contribution in [0.4, 0.5) is 0 Å². The number of ether oxygens (including phenoxy) is 1. The first-order valence-electron chi connectivity index (χ1n) is 8.77. The molecule has 3 rings (SSSR count). The number of benzene rings is 2. The summed E-state index contributed by atoms with van der Waals surface area (Å²) in [6.45, 7) is 2.97. The zero-order valence-electron chi connectivity index (χ0n) is 15.2. The summed E-state index contributed by atoms with van der Waals surface area (Å²) in [7, 11) is 0. The number of thioether (sulfide) groups is 1. The Morgan fingerprint density at radius 3 is 2.59 bits per heavy atom. The third-order valence-corrected chi connectivity index (χ3v) is 4.92. The number of pyridine rings is 1. The fourth-order valence-corrected chi connectivity index (χ4v) is 3.13. The van der Waals surface area contributed by atoms with E-state index in [1.807, 2.05) is 73.7 Å². The van der Waals surface area contributed by atoms with Gasteiger partial charge in [0.25, 0.3) is 0 Å². The van der Waals surface area contributed by atoms with Crippen molar-refractivity contribution in [1.82, 2.24) is 10.3 Å². The van der Waals surface area contributed by atoms with E-state index in [0.29, 0.717) is 24.8 Å². The van der Waals surface area contributed by atoms with Gasteiger partial charge in [0, 0.05) is 23.7 Å². The van der Waals surface area contributed by atoms with E-state index in [4.69, 9.17) is 4.74 Å². The number of hydrogen-bond donors (Lipinski definition) is 1. The first kappa shape index (κ1) is 19.0. The minimum absolute atomic E-state index is 0.00383. The zero-order valence-corrected chi connectivity index (χ0v) is 16.0. The highest BCUT2D eigenvalue weighted by Crippen LogP contribution is 2.18. The van der Waals surface area contributed by atoms with Crippen molar-refractivity contribution >= 4 is 17.7 Å². The number of carbonyl (C=O) groups excluding carboxylic acids is 1. The maximum atomic E-state index is 12.1. The Labute approximate surface area is 164 Å². The smallest absolute Gasteiger partial charge is 0.230 e. The fraction of sp³-hybridized carbons (Fsp3) is 0.182. The van der Waals surface area contributed by atoms with Crippen LogP contribution in [0.15, 0.2) is 77.8 Å². The molecule has 1 amide bonds. The Morgan fingerprint density at radius 2 is 1.81 bits per heavy atom. The van der Waals surface area contributed by atoms with E-state index in [0.717, 1.165) is 16.0 Å². The van der Waals surface area contributed by atoms with Gasteiger partial charge in [-0.3, -0.25) is 4.79 Å². The number of rotatable bonds is 8. The molecule has 4 nitrogen and oxygen atoms in total. The van der Waals surface area contributed by atoms with Crippen LogP contribution < -0.4 is 10.1 Å². The first-order valence-corrected chi connectivity index (χ1v) is 9.75. The third kappa shape index (κ3) is 6.46. The highest BCUT2D eigenvalue weighted by molar-refractivity contribution is 8.00. The van der Waals surface area contributed by atoms with E-state index in [9.17, 15) is 4.79 Å². The average Bonchev–Trinajstić information content (AvgIpc) is 2.71. The summed E-state index contributed by atoms with van der Waals surface area (Å²) in [6.07, 6.45) is 1.70. The SMILES string of the molecule is Cc1ccc(SCC(=O)NCc2ccnc(OCc3ccccc3)c2)cc1. The van der Waals surface area contributed by atoms with Crippen molar-refractivity contribution in [2.45, 2.75) is 25.0 Å². The number of nitrogens with one attached hydrogen (secondary N) is 1. The van der Waals surface area contributed by atoms with Crippen molar-refractivity contribution in [3.05, 3.63) is 89.6 Å². The second kappa shape index (κ2) is 9.78. The summed E-state index contributed by atoms with van der Waals surface area (Å²) in [4.78, 5) is 17.4. The Bertz CT molecular complexity index is 867. The van der Waals surface area contributed by atoms with Gasteiger partial charge in [0.05, 0.1) is 5.75 Å². The van der Waals surface area contributed by atoms with Crippen molar-refractivity contribution in [1.29, 1.82) is 0 Å². The van der Waals surface area contributed by atoms with Crippen molar-refractivity contribution in [3.8, 4) is 5.88 Å². The monoisotopic (exact) mass is 378 g/mol. The molecule has 2 aromatic carbocycles. The highest BCUT2D eigenvalue weighted by Gasteiger charge is 2.05. The Morgan fingerprint density at radius 1 is 1.04 bits per heavy atom. The van der Waals surface area contributed by atoms with Crippen molar-refractivity contribution in [3.63, 3.8) is 0 Å². The molecule has 0 fully saturated rings. The lowest BCUT2D eigenvalue weighted by atomic mass is 10.2. The summed E-state index contributed by atoms with van der Waals surface area (Å²) in [5.41, 5.74) is 3.26. The van der Waals surface area contributed by atoms with E-state index in [-0.39, 0.29) is 5.91 Å². The van der Waals surface area contributed by atoms with Crippen LogP contribution in [0.1, 0.15) is 16.7 Å². The molecule has 1 N–H and O–H groups in total. The molecule has 5 heteroatoms. The number of amides is 1. The minimum Gasteiger partial charge on any atom is -0.473 e. The van der Waals surface area contributed by atoms with Gasteiger partial charge in [-0.25, -0.2) is 4.98 Å². The molecule has 0 atom stereocenters. The second-order valence-electron chi connectivity index (χ2n) is 6.16. The van der Waals surface area contributed by atoms with Crippen molar-refractivity contribution in [2.75, 3.05) is 5.75 Å². The zero-order chi connectivity index (χ0) is 18.9. The summed E-state index contributed by atoms with van der Waals surface area (Å²) >= 11 is 1.53. The lowest BCUT2D eigenvalue weighted by molar-refractivity contribution is -0.118. The van der Waals surface area contributed by atoms with Gasteiger partial charge in [0.1, 0.15) is 6.61 Å². The largest absolute Gasteiger partial charge is 0.473 e. The number of aromatic nitrogens is 1. The number of carbonyl (C=O) groups is 1. The average molecular weight is 378 g/mol. The first-order chi connectivity index (χ1) is 13.2. The standard InChI is InChI=1S/C22H22N2O2S/c1-17-7-9-20(10-8-17)27-16-21(25)24-14-19-11-12-23-22(13-19)26-15-18-5-3-2-4-6-18/h2-13H,14-16H2,1H3,(H,24,25). The van der Waals surface area contributed by atoms with Gasteiger partial charge in [-0.1, -0.05) is 48.0 Å². The van der Waals surface area contributed by atoms with Gasteiger partial charge < -0.3 is 10.1 Å². The van der Waals surface area contributed by atoms with Crippen LogP contribution in [0.2, 0.25) is 0 Å². The summed E-state index contributed by atoms with van der Waals surface area (Å²) < 4.78 is 5.73. The van der Waals surface area contributed by atoms with Crippen LogP contribution in [0, 0.1) is 6.92 Å². The van der Waals surface area contributed by atoms with Gasteiger partial charge in [0.2, 0.25) is 11.8 Å². The normalized spacial score (nSPS) is 10.4. The van der Waals surface area contributed by atoms with E-state index in [1.54, 1.807) is 6.20 Å². The van der Waals surface area contributed by atoms with E-state index in [2.05, 4.69) is 10.3 Å². The number of aryl methyl sites for hydroxylation is 1. The molecule has 1 aromatic heterocycles. The van der Waals surface area contributed by atoms with Crippen LogP contribution in [-0.4, -0.2) is 16.6 Å². The van der Waals surface area contributed by atoms with Gasteiger partial charge in [0.15, 0.2) is 0 Å². The van der Waals surface area contributed by atoms with E-state index >= 15 is 0 Å². The molecular formula is C22H22N2O2S. The molecule has 0 bridgehead atoms. The summed E-state index contributed by atoms with van der Waals surface area (Å²) in [5, 5.41) is 2.94. The predicted molar refractivity (Wildman–Crippen MR) is 109 cm³/mol. The molecule has 27 heavy (non-hydrogen) atoms. The van der Waals surface area contributed by atoms with Crippen LogP contribution >= 0.6 is 11.8 Å². The molecule has 0 aliphatic heterocycles. The molecule has 0 spiro atoms. The molecule has 1 heterocycles. The highest BCUT2D eigenvalue weighted by atomic mass is 32.2. The maximum Gasteiger partial charge on any atom is 0.230 e. The Balaban J connectivity index is 1.44.